The molecule has 4 nitrogen and oxygen atoms in total. The molecule has 4 N–H and O–H groups in total. The summed E-state index contributed by atoms with van der Waals surface area (Å²) in [6.07, 6.45) is 3.17. The van der Waals surface area contributed by atoms with Crippen molar-refractivity contribution in [3.05, 3.63) is 118 Å². The summed E-state index contributed by atoms with van der Waals surface area (Å²) in [6.45, 7) is 3.82. The van der Waals surface area contributed by atoms with Crippen molar-refractivity contribution in [3.63, 3.8) is 0 Å². The minimum atomic E-state index is -0.396. The summed E-state index contributed by atoms with van der Waals surface area (Å²) >= 11 is 0. The topological polar surface area (TPSA) is 80.9 Å². The summed E-state index contributed by atoms with van der Waals surface area (Å²) in [4.78, 5) is 0. The van der Waals surface area contributed by atoms with Crippen LogP contribution in [0.5, 0.6) is 23.0 Å². The maximum absolute atomic E-state index is 10.2. The average Bonchev–Trinajstić information content (AvgIpc) is 2.85. The number of aromatic hydroxyl groups is 4. The third kappa shape index (κ3) is 5.43. The van der Waals surface area contributed by atoms with Crippen molar-refractivity contribution >= 4 is 0 Å². The number of phenols is 4. The Hall–Kier alpha value is -3.92. The Bertz CT molecular complexity index is 1190. The fourth-order valence-corrected chi connectivity index (χ4v) is 4.82. The van der Waals surface area contributed by atoms with Crippen molar-refractivity contribution in [2.75, 3.05) is 0 Å². The molecule has 180 valence electrons. The lowest BCUT2D eigenvalue weighted by Gasteiger charge is -2.36. The zero-order valence-electron chi connectivity index (χ0n) is 20.2. The van der Waals surface area contributed by atoms with Gasteiger partial charge in [0.25, 0.3) is 0 Å². The van der Waals surface area contributed by atoms with E-state index in [0.29, 0.717) is 0 Å². The van der Waals surface area contributed by atoms with E-state index in [1.54, 1.807) is 36.4 Å². The molecule has 0 saturated carbocycles. The monoisotopic (exact) mass is 468 g/mol. The van der Waals surface area contributed by atoms with Gasteiger partial charge in [-0.15, -0.1) is 0 Å². The molecule has 4 aromatic carbocycles. The zero-order valence-corrected chi connectivity index (χ0v) is 20.2. The van der Waals surface area contributed by atoms with Crippen LogP contribution in [0.2, 0.25) is 0 Å². The summed E-state index contributed by atoms with van der Waals surface area (Å²) in [5, 5.41) is 39.9. The number of rotatable bonds is 8. The Kier molecular flexibility index (Phi) is 7.02. The summed E-state index contributed by atoms with van der Waals surface area (Å²) < 4.78 is 0. The van der Waals surface area contributed by atoms with Crippen LogP contribution in [0.25, 0.3) is 0 Å². The highest BCUT2D eigenvalue weighted by Gasteiger charge is 2.34. The fourth-order valence-electron chi connectivity index (χ4n) is 4.82. The average molecular weight is 469 g/mol. The van der Waals surface area contributed by atoms with Gasteiger partial charge in [0.2, 0.25) is 0 Å². The molecule has 4 aromatic rings. The highest BCUT2D eigenvalue weighted by atomic mass is 16.3. The van der Waals surface area contributed by atoms with Crippen molar-refractivity contribution < 1.29 is 20.4 Å². The van der Waals surface area contributed by atoms with Gasteiger partial charge in [-0.25, -0.2) is 0 Å². The van der Waals surface area contributed by atoms with Crippen molar-refractivity contribution in [2.24, 2.45) is 0 Å². The first-order valence-corrected chi connectivity index (χ1v) is 11.9. The predicted octanol–water partition coefficient (Wildman–Crippen LogP) is 6.68. The first-order chi connectivity index (χ1) is 16.8. The minimum absolute atomic E-state index is 0.246. The molecular formula is C31H32O4. The first-order valence-electron chi connectivity index (χ1n) is 11.9. The van der Waals surface area contributed by atoms with Crippen molar-refractivity contribution in [3.8, 4) is 23.0 Å². The van der Waals surface area contributed by atoms with Gasteiger partial charge in [-0.1, -0.05) is 48.5 Å². The van der Waals surface area contributed by atoms with Crippen LogP contribution in [0.4, 0.5) is 0 Å². The van der Waals surface area contributed by atoms with Crippen LogP contribution in [0.15, 0.2) is 84.9 Å². The standard InChI is InChI=1S/C31H32O4/c1-21-19-25(7-13-29(21)34)31(26-8-14-30(35)22(2)20-26,17-15-23-3-9-27(32)10-4-23)18-16-24-5-11-28(33)12-6-24/h3-14,19-20,32-35H,15-18H2,1-2H3. The van der Waals surface area contributed by atoms with Gasteiger partial charge in [0.05, 0.1) is 0 Å². The van der Waals surface area contributed by atoms with Gasteiger partial charge < -0.3 is 20.4 Å². The molecule has 0 spiro atoms. The number of phenolic OH excluding ortho intramolecular Hbond substituents is 4. The molecule has 0 bridgehead atoms. The lowest BCUT2D eigenvalue weighted by molar-refractivity contribution is 0.429. The lowest BCUT2D eigenvalue weighted by Crippen LogP contribution is -2.30. The van der Waals surface area contributed by atoms with E-state index in [1.807, 2.05) is 50.2 Å². The number of hydrogen-bond donors (Lipinski definition) is 4. The van der Waals surface area contributed by atoms with Gasteiger partial charge >= 0.3 is 0 Å². The molecule has 0 fully saturated rings. The maximum Gasteiger partial charge on any atom is 0.118 e. The Morgan fingerprint density at radius 2 is 0.886 bits per heavy atom. The largest absolute Gasteiger partial charge is 0.508 e. The Labute approximate surface area is 206 Å². The van der Waals surface area contributed by atoms with Crippen LogP contribution in [-0.4, -0.2) is 20.4 Å². The van der Waals surface area contributed by atoms with Gasteiger partial charge in [-0.3, -0.25) is 0 Å². The summed E-state index contributed by atoms with van der Waals surface area (Å²) in [6, 6.07) is 26.3. The Balaban J connectivity index is 1.82. The van der Waals surface area contributed by atoms with E-state index >= 15 is 0 Å². The second-order valence-corrected chi connectivity index (χ2v) is 9.42. The van der Waals surface area contributed by atoms with E-state index in [0.717, 1.165) is 59.1 Å². The molecule has 0 aromatic heterocycles. The van der Waals surface area contributed by atoms with Gasteiger partial charge in [0.1, 0.15) is 23.0 Å². The molecule has 0 amide bonds. The molecule has 4 heteroatoms. The number of hydrogen-bond acceptors (Lipinski definition) is 4. The molecule has 0 saturated heterocycles. The van der Waals surface area contributed by atoms with Crippen molar-refractivity contribution in [1.29, 1.82) is 0 Å². The molecule has 0 radical (unpaired) electrons. The molecule has 0 aliphatic heterocycles. The Morgan fingerprint density at radius 3 is 1.23 bits per heavy atom. The molecule has 0 aliphatic rings. The quantitative estimate of drug-likeness (QED) is 0.233. The summed E-state index contributed by atoms with van der Waals surface area (Å²) in [5.41, 5.74) is 5.71. The number of benzene rings is 4. The van der Waals surface area contributed by atoms with E-state index in [9.17, 15) is 20.4 Å². The van der Waals surface area contributed by atoms with E-state index < -0.39 is 5.41 Å². The second-order valence-electron chi connectivity index (χ2n) is 9.42. The summed E-state index contributed by atoms with van der Waals surface area (Å²) in [7, 11) is 0. The number of aryl methyl sites for hydroxylation is 4. The predicted molar refractivity (Wildman–Crippen MR) is 139 cm³/mol. The van der Waals surface area contributed by atoms with Gasteiger partial charge in [-0.2, -0.15) is 0 Å². The molecule has 35 heavy (non-hydrogen) atoms. The Morgan fingerprint density at radius 1 is 0.514 bits per heavy atom. The van der Waals surface area contributed by atoms with Crippen LogP contribution in [0.3, 0.4) is 0 Å². The van der Waals surface area contributed by atoms with Gasteiger partial charge in [-0.05, 0) is 109 Å². The zero-order chi connectivity index (χ0) is 25.0. The molecule has 0 atom stereocenters. The van der Waals surface area contributed by atoms with Crippen molar-refractivity contribution in [2.45, 2.75) is 44.9 Å². The first kappa shape index (κ1) is 24.2. The molecular weight excluding hydrogens is 436 g/mol. The van der Waals surface area contributed by atoms with Gasteiger partial charge in [0.15, 0.2) is 0 Å². The van der Waals surface area contributed by atoms with Crippen LogP contribution in [0.1, 0.15) is 46.2 Å². The third-order valence-corrected chi connectivity index (χ3v) is 7.05. The molecule has 0 unspecified atom stereocenters. The van der Waals surface area contributed by atoms with Crippen LogP contribution < -0.4 is 0 Å². The molecule has 4 rings (SSSR count). The molecule has 0 heterocycles. The second kappa shape index (κ2) is 10.1. The summed E-state index contributed by atoms with van der Waals surface area (Å²) in [5.74, 6) is 1.02. The minimum Gasteiger partial charge on any atom is -0.508 e. The molecule has 0 aliphatic carbocycles. The van der Waals surface area contributed by atoms with Crippen molar-refractivity contribution in [1.82, 2.24) is 0 Å². The normalized spacial score (nSPS) is 11.5. The van der Waals surface area contributed by atoms with Crippen LogP contribution >= 0.6 is 0 Å². The van der Waals surface area contributed by atoms with E-state index in [4.69, 9.17) is 0 Å². The van der Waals surface area contributed by atoms with E-state index in [-0.39, 0.29) is 23.0 Å². The van der Waals surface area contributed by atoms with E-state index in [1.165, 1.54) is 0 Å². The highest BCUT2D eigenvalue weighted by molar-refractivity contribution is 5.48. The van der Waals surface area contributed by atoms with E-state index in [2.05, 4.69) is 12.1 Å². The fraction of sp³-hybridized carbons (Fsp3) is 0.226. The maximum atomic E-state index is 10.2. The SMILES string of the molecule is Cc1cc(C(CCc2ccc(O)cc2)(CCc2ccc(O)cc2)c2ccc(O)c(C)c2)ccc1O. The van der Waals surface area contributed by atoms with Crippen LogP contribution in [0, 0.1) is 13.8 Å². The van der Waals surface area contributed by atoms with Crippen LogP contribution in [-0.2, 0) is 18.3 Å². The van der Waals surface area contributed by atoms with Gasteiger partial charge in [0, 0.05) is 5.41 Å². The third-order valence-electron chi connectivity index (χ3n) is 7.05. The highest BCUT2D eigenvalue weighted by Crippen LogP contribution is 2.43. The lowest BCUT2D eigenvalue weighted by atomic mass is 9.67. The smallest absolute Gasteiger partial charge is 0.118 e.